The number of benzene rings is 7. The molecule has 0 radical (unpaired) electrons. The highest BCUT2D eigenvalue weighted by molar-refractivity contribution is 6.12. The number of hydrogen-bond acceptors (Lipinski definition) is 3. The van der Waals surface area contributed by atoms with E-state index in [0.29, 0.717) is 0 Å². The number of fused-ring (bicyclic) bond motifs is 12. The second-order valence-corrected chi connectivity index (χ2v) is 13.8. The van der Waals surface area contributed by atoms with Crippen LogP contribution in [-0.2, 0) is 0 Å². The molecule has 5 heterocycles. The number of nitrogens with one attached hydrogen (secondary N) is 1. The molecule has 5 heteroatoms. The highest BCUT2D eigenvalue weighted by Crippen LogP contribution is 2.41. The number of para-hydroxylation sites is 3. The van der Waals surface area contributed by atoms with Crippen LogP contribution >= 0.6 is 0 Å². The summed E-state index contributed by atoms with van der Waals surface area (Å²) in [5.41, 5.74) is 13.9. The first kappa shape index (κ1) is 27.8. The van der Waals surface area contributed by atoms with E-state index in [2.05, 4.69) is 172 Å². The standard InChI is InChI=1S/C47H29N3O2/c1-4-11-39-32(8-1)33-9-2-5-12-40(33)49(39)30-17-21-45-37(26-30)35-24-28(15-19-43(35)51-45)29-16-20-44-36(25-29)38-27-31(18-22-46(38)52-44)50-41-13-6-3-10-34(41)47-42(50)14-7-23-48-47/h1-22,24-27,48H,23H2. The third kappa shape index (κ3) is 3.82. The second kappa shape index (κ2) is 10.3. The normalized spacial score (nSPS) is 13.0. The zero-order chi connectivity index (χ0) is 33.9. The van der Waals surface area contributed by atoms with E-state index in [9.17, 15) is 0 Å². The first-order valence-electron chi connectivity index (χ1n) is 17.7. The Hall–Kier alpha value is -6.98. The summed E-state index contributed by atoms with van der Waals surface area (Å²) in [5, 5.41) is 11.7. The van der Waals surface area contributed by atoms with Gasteiger partial charge in [0.25, 0.3) is 0 Å². The SMILES string of the molecule is C1=Cc2c(c3ccccc3n2-c2ccc3oc4ccc(-c5ccc6oc7ccc(-n8c9ccccc9c9ccccc98)cc7c6c5)cc4c3c2)NC1. The Morgan fingerprint density at radius 3 is 1.46 bits per heavy atom. The molecule has 0 fully saturated rings. The molecule has 0 spiro atoms. The van der Waals surface area contributed by atoms with Gasteiger partial charge in [-0.3, -0.25) is 0 Å². The lowest BCUT2D eigenvalue weighted by molar-refractivity contribution is 0.668. The van der Waals surface area contributed by atoms with Crippen molar-refractivity contribution in [2.75, 3.05) is 11.9 Å². The smallest absolute Gasteiger partial charge is 0.135 e. The maximum atomic E-state index is 6.39. The summed E-state index contributed by atoms with van der Waals surface area (Å²) < 4.78 is 17.5. The molecule has 52 heavy (non-hydrogen) atoms. The maximum Gasteiger partial charge on any atom is 0.135 e. The van der Waals surface area contributed by atoms with Gasteiger partial charge in [0, 0.05) is 55.6 Å². The van der Waals surface area contributed by atoms with Crippen molar-refractivity contribution in [3.05, 3.63) is 157 Å². The van der Waals surface area contributed by atoms with E-state index < -0.39 is 0 Å². The number of rotatable bonds is 3. The van der Waals surface area contributed by atoms with Crippen molar-refractivity contribution in [3.8, 4) is 22.5 Å². The predicted octanol–water partition coefficient (Wildman–Crippen LogP) is 12.6. The molecule has 5 nitrogen and oxygen atoms in total. The van der Waals surface area contributed by atoms with Gasteiger partial charge in [-0.2, -0.15) is 0 Å². The molecule has 4 aromatic heterocycles. The molecular weight excluding hydrogens is 639 g/mol. The molecule has 1 aliphatic heterocycles. The van der Waals surface area contributed by atoms with E-state index in [-0.39, 0.29) is 0 Å². The molecule has 1 N–H and O–H groups in total. The lowest BCUT2D eigenvalue weighted by Crippen LogP contribution is -2.05. The summed E-state index contributed by atoms with van der Waals surface area (Å²) in [6.07, 6.45) is 4.41. The first-order valence-corrected chi connectivity index (χ1v) is 17.7. The molecule has 0 aliphatic carbocycles. The van der Waals surface area contributed by atoms with E-state index in [1.807, 2.05) is 0 Å². The predicted molar refractivity (Wildman–Crippen MR) is 215 cm³/mol. The van der Waals surface area contributed by atoms with Crippen LogP contribution in [0.4, 0.5) is 5.69 Å². The second-order valence-electron chi connectivity index (χ2n) is 13.8. The summed E-state index contributed by atoms with van der Waals surface area (Å²) in [6.45, 7) is 0.832. The third-order valence-corrected chi connectivity index (χ3v) is 10.9. The van der Waals surface area contributed by atoms with Gasteiger partial charge in [-0.15, -0.1) is 0 Å². The van der Waals surface area contributed by atoms with Gasteiger partial charge in [0.15, 0.2) is 0 Å². The minimum absolute atomic E-state index is 0.832. The highest BCUT2D eigenvalue weighted by atomic mass is 16.3. The fraction of sp³-hybridized carbons (Fsp3) is 0.0213. The van der Waals surface area contributed by atoms with Crippen LogP contribution in [0.25, 0.3) is 105 Å². The Morgan fingerprint density at radius 2 is 0.885 bits per heavy atom. The van der Waals surface area contributed by atoms with Gasteiger partial charge in [0.1, 0.15) is 22.3 Å². The van der Waals surface area contributed by atoms with Gasteiger partial charge in [-0.1, -0.05) is 72.8 Å². The topological polar surface area (TPSA) is 48.2 Å². The summed E-state index contributed by atoms with van der Waals surface area (Å²) in [6, 6.07) is 52.0. The van der Waals surface area contributed by atoms with Crippen molar-refractivity contribution >= 4 is 88.3 Å². The first-order chi connectivity index (χ1) is 25.8. The summed E-state index contributed by atoms with van der Waals surface area (Å²) >= 11 is 0. The van der Waals surface area contributed by atoms with Crippen molar-refractivity contribution in [2.24, 2.45) is 0 Å². The Morgan fingerprint density at radius 1 is 0.423 bits per heavy atom. The number of aromatic nitrogens is 2. The fourth-order valence-corrected chi connectivity index (χ4v) is 8.58. The lowest BCUT2D eigenvalue weighted by atomic mass is 10.0. The van der Waals surface area contributed by atoms with Crippen molar-refractivity contribution in [1.82, 2.24) is 9.13 Å². The van der Waals surface area contributed by atoms with Crippen molar-refractivity contribution < 1.29 is 8.83 Å². The number of furan rings is 2. The number of hydrogen-bond donors (Lipinski definition) is 1. The average Bonchev–Trinajstić information content (AvgIpc) is 3.94. The van der Waals surface area contributed by atoms with Gasteiger partial charge in [0.05, 0.1) is 27.9 Å². The minimum Gasteiger partial charge on any atom is -0.456 e. The molecule has 11 aromatic rings. The van der Waals surface area contributed by atoms with Gasteiger partial charge in [-0.25, -0.2) is 0 Å². The highest BCUT2D eigenvalue weighted by Gasteiger charge is 2.20. The Labute approximate surface area is 297 Å². The van der Waals surface area contributed by atoms with Crippen LogP contribution in [0.2, 0.25) is 0 Å². The third-order valence-electron chi connectivity index (χ3n) is 10.9. The van der Waals surface area contributed by atoms with Crippen LogP contribution in [0.5, 0.6) is 0 Å². The zero-order valence-electron chi connectivity index (χ0n) is 27.9. The van der Waals surface area contributed by atoms with Crippen LogP contribution < -0.4 is 5.32 Å². The van der Waals surface area contributed by atoms with Crippen molar-refractivity contribution in [2.45, 2.75) is 0 Å². The molecule has 0 amide bonds. The van der Waals surface area contributed by atoms with E-state index >= 15 is 0 Å². The Bertz CT molecular complexity index is 3260. The molecule has 1 aliphatic rings. The molecular formula is C47H29N3O2. The van der Waals surface area contributed by atoms with Gasteiger partial charge in [-0.05, 0) is 96.1 Å². The van der Waals surface area contributed by atoms with Crippen LogP contribution in [0.15, 0.2) is 161 Å². The molecule has 12 rings (SSSR count). The lowest BCUT2D eigenvalue weighted by Gasteiger charge is -2.13. The maximum absolute atomic E-state index is 6.39. The van der Waals surface area contributed by atoms with Crippen LogP contribution in [0.1, 0.15) is 5.69 Å². The van der Waals surface area contributed by atoms with Gasteiger partial charge in [0.2, 0.25) is 0 Å². The molecule has 0 bridgehead atoms. The molecule has 0 atom stereocenters. The van der Waals surface area contributed by atoms with Gasteiger partial charge >= 0.3 is 0 Å². The molecule has 0 saturated heterocycles. The monoisotopic (exact) mass is 667 g/mol. The minimum atomic E-state index is 0.832. The largest absolute Gasteiger partial charge is 0.456 e. The Kier molecular flexibility index (Phi) is 5.50. The molecule has 0 saturated carbocycles. The van der Waals surface area contributed by atoms with E-state index in [1.165, 1.54) is 44.1 Å². The summed E-state index contributed by atoms with van der Waals surface area (Å²) in [5.74, 6) is 0. The van der Waals surface area contributed by atoms with E-state index in [4.69, 9.17) is 8.83 Å². The Balaban J connectivity index is 1.01. The molecule has 244 valence electrons. The average molecular weight is 668 g/mol. The van der Waals surface area contributed by atoms with Crippen molar-refractivity contribution in [3.63, 3.8) is 0 Å². The fourth-order valence-electron chi connectivity index (χ4n) is 8.58. The summed E-state index contributed by atoms with van der Waals surface area (Å²) in [4.78, 5) is 0. The quantitative estimate of drug-likeness (QED) is 0.204. The van der Waals surface area contributed by atoms with Crippen molar-refractivity contribution in [1.29, 1.82) is 0 Å². The van der Waals surface area contributed by atoms with Crippen LogP contribution in [0, 0.1) is 0 Å². The van der Waals surface area contributed by atoms with Gasteiger partial charge < -0.3 is 23.3 Å². The van der Waals surface area contributed by atoms with E-state index in [0.717, 1.165) is 72.9 Å². The van der Waals surface area contributed by atoms with Crippen LogP contribution in [0.3, 0.4) is 0 Å². The molecule has 7 aromatic carbocycles. The number of anilines is 1. The van der Waals surface area contributed by atoms with Crippen LogP contribution in [-0.4, -0.2) is 15.7 Å². The van der Waals surface area contributed by atoms with E-state index in [1.54, 1.807) is 0 Å². The number of nitrogens with zero attached hydrogens (tertiary/aromatic N) is 2. The molecule has 0 unspecified atom stereocenters. The zero-order valence-corrected chi connectivity index (χ0v) is 27.9. The summed E-state index contributed by atoms with van der Waals surface area (Å²) in [7, 11) is 0.